The number of hydrogen-bond acceptors (Lipinski definition) is 4. The fraction of sp³-hybridized carbons (Fsp3) is 0.286. The van der Waals surface area contributed by atoms with Gasteiger partial charge in [0, 0.05) is 16.7 Å². The highest BCUT2D eigenvalue weighted by molar-refractivity contribution is 6.08. The number of rotatable bonds is 7. The predicted molar refractivity (Wildman–Crippen MR) is 98.8 cm³/mol. The van der Waals surface area contributed by atoms with Crippen LogP contribution in [0, 0.1) is 5.92 Å². The van der Waals surface area contributed by atoms with Crippen molar-refractivity contribution in [3.8, 4) is 17.2 Å². The molecular formula is C21H24O4. The second kappa shape index (κ2) is 8.38. The van der Waals surface area contributed by atoms with E-state index in [0.29, 0.717) is 41.7 Å². The summed E-state index contributed by atoms with van der Waals surface area (Å²) >= 11 is 0. The Balaban J connectivity index is 2.30. The zero-order chi connectivity index (χ0) is 18.4. The van der Waals surface area contributed by atoms with E-state index in [1.54, 1.807) is 36.4 Å². The number of aldehydes is 1. The molecule has 0 bridgehead atoms. The molecule has 0 saturated carbocycles. The Bertz CT molecular complexity index is 758. The van der Waals surface area contributed by atoms with Crippen LogP contribution in [0.25, 0.3) is 5.57 Å². The molecule has 0 atom stereocenters. The van der Waals surface area contributed by atoms with E-state index >= 15 is 0 Å². The van der Waals surface area contributed by atoms with Gasteiger partial charge in [0.25, 0.3) is 0 Å². The number of allylic oxidation sites excluding steroid dienone is 2. The smallest absolute Gasteiger partial charge is 0.150 e. The first-order chi connectivity index (χ1) is 11.9. The fourth-order valence-corrected chi connectivity index (χ4v) is 2.62. The molecule has 0 amide bonds. The molecule has 4 nitrogen and oxygen atoms in total. The van der Waals surface area contributed by atoms with Gasteiger partial charge in [0.15, 0.2) is 0 Å². The molecule has 0 aromatic heterocycles. The highest BCUT2D eigenvalue weighted by atomic mass is 16.3. The van der Waals surface area contributed by atoms with Crippen molar-refractivity contribution in [1.82, 2.24) is 0 Å². The van der Waals surface area contributed by atoms with Gasteiger partial charge in [-0.1, -0.05) is 32.1 Å². The minimum Gasteiger partial charge on any atom is -0.508 e. The van der Waals surface area contributed by atoms with Crippen LogP contribution in [0.2, 0.25) is 0 Å². The highest BCUT2D eigenvalue weighted by Crippen LogP contribution is 2.35. The van der Waals surface area contributed by atoms with Crippen LogP contribution in [0.15, 0.2) is 42.5 Å². The minimum atomic E-state index is -0.0373. The van der Waals surface area contributed by atoms with Gasteiger partial charge in [0.05, 0.1) is 0 Å². The second-order valence-corrected chi connectivity index (χ2v) is 6.54. The maximum absolute atomic E-state index is 11.5. The van der Waals surface area contributed by atoms with E-state index < -0.39 is 0 Å². The number of carbonyl (C=O) groups is 1. The number of carbonyl (C=O) groups excluding carboxylic acids is 1. The van der Waals surface area contributed by atoms with Gasteiger partial charge in [-0.15, -0.1) is 0 Å². The molecule has 0 unspecified atom stereocenters. The molecule has 3 N–H and O–H groups in total. The predicted octanol–water partition coefficient (Wildman–Crippen LogP) is 4.22. The molecular weight excluding hydrogens is 316 g/mol. The molecule has 25 heavy (non-hydrogen) atoms. The molecule has 0 spiro atoms. The van der Waals surface area contributed by atoms with Crippen molar-refractivity contribution in [1.29, 1.82) is 0 Å². The molecule has 0 fully saturated rings. The standard InChI is InChI=1S/C21H24O4/c1-14(2)3-10-19-20(24)12-11-18(21(19)25)16(13-22)7-4-15-5-8-17(23)9-6-15/h5-9,11-14,23-25H,3-4,10H2,1-2H3. The minimum absolute atomic E-state index is 0.0373. The van der Waals surface area contributed by atoms with Crippen LogP contribution in [0.1, 0.15) is 37.0 Å². The van der Waals surface area contributed by atoms with Crippen LogP contribution in [0.5, 0.6) is 17.2 Å². The Morgan fingerprint density at radius 1 is 1.04 bits per heavy atom. The molecule has 0 saturated heterocycles. The molecule has 2 aromatic carbocycles. The fourth-order valence-electron chi connectivity index (χ4n) is 2.62. The Labute approximate surface area is 148 Å². The van der Waals surface area contributed by atoms with Gasteiger partial charge < -0.3 is 15.3 Å². The first kappa shape index (κ1) is 18.6. The number of benzene rings is 2. The van der Waals surface area contributed by atoms with Crippen LogP contribution >= 0.6 is 0 Å². The van der Waals surface area contributed by atoms with Crippen molar-refractivity contribution in [3.63, 3.8) is 0 Å². The molecule has 2 rings (SSSR count). The Morgan fingerprint density at radius 2 is 1.72 bits per heavy atom. The van der Waals surface area contributed by atoms with Crippen LogP contribution in [-0.2, 0) is 17.6 Å². The van der Waals surface area contributed by atoms with Gasteiger partial charge in [-0.3, -0.25) is 4.79 Å². The zero-order valence-electron chi connectivity index (χ0n) is 14.6. The third kappa shape index (κ3) is 4.86. The maximum Gasteiger partial charge on any atom is 0.150 e. The van der Waals surface area contributed by atoms with E-state index in [-0.39, 0.29) is 17.2 Å². The molecule has 0 aliphatic carbocycles. The molecule has 0 heterocycles. The molecule has 4 heteroatoms. The quantitative estimate of drug-likeness (QED) is 0.521. The van der Waals surface area contributed by atoms with E-state index in [1.165, 1.54) is 6.07 Å². The van der Waals surface area contributed by atoms with Crippen molar-refractivity contribution in [3.05, 3.63) is 59.2 Å². The maximum atomic E-state index is 11.5. The Kier molecular flexibility index (Phi) is 6.23. The first-order valence-electron chi connectivity index (χ1n) is 8.39. The lowest BCUT2D eigenvalue weighted by Crippen LogP contribution is -1.97. The lowest BCUT2D eigenvalue weighted by Gasteiger charge is -2.13. The SMILES string of the molecule is CC(C)CCc1c(O)ccc(C(C=O)=CCc2ccc(O)cc2)c1O. The number of aromatic hydroxyl groups is 3. The molecule has 0 radical (unpaired) electrons. The summed E-state index contributed by atoms with van der Waals surface area (Å²) in [6.07, 6.45) is 4.32. The molecule has 0 aliphatic heterocycles. The number of phenolic OH excluding ortho intramolecular Hbond substituents is 3. The summed E-state index contributed by atoms with van der Waals surface area (Å²) in [7, 11) is 0. The van der Waals surface area contributed by atoms with Gasteiger partial charge in [0.2, 0.25) is 0 Å². The molecule has 2 aromatic rings. The zero-order valence-corrected chi connectivity index (χ0v) is 14.6. The second-order valence-electron chi connectivity index (χ2n) is 6.54. The Hall–Kier alpha value is -2.75. The first-order valence-corrected chi connectivity index (χ1v) is 8.39. The van der Waals surface area contributed by atoms with Crippen molar-refractivity contribution < 1.29 is 20.1 Å². The number of hydrogen-bond donors (Lipinski definition) is 3. The summed E-state index contributed by atoms with van der Waals surface area (Å²) in [4.78, 5) is 11.5. The topological polar surface area (TPSA) is 77.8 Å². The highest BCUT2D eigenvalue weighted by Gasteiger charge is 2.15. The summed E-state index contributed by atoms with van der Waals surface area (Å²) in [6.45, 7) is 4.15. The summed E-state index contributed by atoms with van der Waals surface area (Å²) in [5.41, 5.74) is 2.21. The lowest BCUT2D eigenvalue weighted by molar-refractivity contribution is -0.103. The third-order valence-corrected chi connectivity index (χ3v) is 4.16. The Morgan fingerprint density at radius 3 is 2.32 bits per heavy atom. The summed E-state index contributed by atoms with van der Waals surface area (Å²) in [5.74, 6) is 0.641. The van der Waals surface area contributed by atoms with Crippen molar-refractivity contribution in [2.24, 2.45) is 5.92 Å². The third-order valence-electron chi connectivity index (χ3n) is 4.16. The van der Waals surface area contributed by atoms with Gasteiger partial charge in [-0.05, 0) is 55.0 Å². The molecule has 132 valence electrons. The van der Waals surface area contributed by atoms with E-state index in [2.05, 4.69) is 13.8 Å². The lowest BCUT2D eigenvalue weighted by atomic mass is 9.95. The number of phenols is 3. The van der Waals surface area contributed by atoms with Crippen LogP contribution in [0.3, 0.4) is 0 Å². The van der Waals surface area contributed by atoms with Crippen molar-refractivity contribution in [2.45, 2.75) is 33.1 Å². The van der Waals surface area contributed by atoms with Gasteiger partial charge in [0.1, 0.15) is 23.5 Å². The summed E-state index contributed by atoms with van der Waals surface area (Å²) in [6, 6.07) is 9.80. The van der Waals surface area contributed by atoms with Crippen LogP contribution in [-0.4, -0.2) is 21.6 Å². The van der Waals surface area contributed by atoms with Gasteiger partial charge in [-0.25, -0.2) is 0 Å². The monoisotopic (exact) mass is 340 g/mol. The average Bonchev–Trinajstić information content (AvgIpc) is 2.58. The van der Waals surface area contributed by atoms with E-state index in [0.717, 1.165) is 12.0 Å². The van der Waals surface area contributed by atoms with E-state index in [9.17, 15) is 20.1 Å². The molecule has 0 aliphatic rings. The van der Waals surface area contributed by atoms with Crippen LogP contribution < -0.4 is 0 Å². The van der Waals surface area contributed by atoms with Crippen molar-refractivity contribution in [2.75, 3.05) is 0 Å². The van der Waals surface area contributed by atoms with Gasteiger partial charge >= 0.3 is 0 Å². The summed E-state index contributed by atoms with van der Waals surface area (Å²) in [5, 5.41) is 29.9. The van der Waals surface area contributed by atoms with Gasteiger partial charge in [-0.2, -0.15) is 0 Å². The average molecular weight is 340 g/mol. The van der Waals surface area contributed by atoms with Crippen molar-refractivity contribution >= 4 is 11.9 Å². The van der Waals surface area contributed by atoms with E-state index in [1.807, 2.05) is 0 Å². The van der Waals surface area contributed by atoms with Crippen LogP contribution in [0.4, 0.5) is 0 Å². The summed E-state index contributed by atoms with van der Waals surface area (Å²) < 4.78 is 0. The van der Waals surface area contributed by atoms with E-state index in [4.69, 9.17) is 0 Å². The normalized spacial score (nSPS) is 11.7. The largest absolute Gasteiger partial charge is 0.508 e.